The number of likely N-dealkylation sites (N-methyl/N-ethyl adjacent to an activating group) is 1. The van der Waals surface area contributed by atoms with Gasteiger partial charge >= 0.3 is 0 Å². The van der Waals surface area contributed by atoms with Crippen LogP contribution in [-0.4, -0.2) is 38.1 Å². The van der Waals surface area contributed by atoms with E-state index in [4.69, 9.17) is 4.74 Å². The molecule has 1 aromatic rings. The summed E-state index contributed by atoms with van der Waals surface area (Å²) >= 11 is 0. The van der Waals surface area contributed by atoms with Crippen LogP contribution in [0.4, 0.5) is 0 Å². The van der Waals surface area contributed by atoms with Crippen molar-refractivity contribution in [1.82, 2.24) is 10.2 Å². The number of nitrogens with one attached hydrogen (secondary N) is 1. The van der Waals surface area contributed by atoms with Crippen LogP contribution in [0.5, 0.6) is 5.75 Å². The van der Waals surface area contributed by atoms with E-state index in [1.165, 1.54) is 0 Å². The van der Waals surface area contributed by atoms with Gasteiger partial charge in [0.2, 0.25) is 5.91 Å². The summed E-state index contributed by atoms with van der Waals surface area (Å²) in [6, 6.07) is 7.13. The van der Waals surface area contributed by atoms with E-state index < -0.39 is 0 Å². The third-order valence-corrected chi connectivity index (χ3v) is 3.02. The Bertz CT molecular complexity index is 444. The molecule has 0 aliphatic carbocycles. The number of carbonyl (C=O) groups excluding carboxylic acids is 1. The van der Waals surface area contributed by atoms with Crippen molar-refractivity contribution in [3.8, 4) is 5.75 Å². The van der Waals surface area contributed by atoms with Crippen LogP contribution in [0, 0.1) is 0 Å². The van der Waals surface area contributed by atoms with Gasteiger partial charge in [0.15, 0.2) is 0 Å². The Morgan fingerprint density at radius 2 is 1.85 bits per heavy atom. The number of hydrogen-bond acceptors (Lipinski definition) is 3. The zero-order valence-electron chi connectivity index (χ0n) is 12.1. The molecule has 1 atom stereocenters. The van der Waals surface area contributed by atoms with Crippen molar-refractivity contribution < 1.29 is 9.53 Å². The summed E-state index contributed by atoms with van der Waals surface area (Å²) in [4.78, 5) is 14.2. The van der Waals surface area contributed by atoms with Crippen LogP contribution in [-0.2, 0) is 4.79 Å². The van der Waals surface area contributed by atoms with Crippen molar-refractivity contribution in [3.63, 3.8) is 0 Å². The minimum absolute atomic E-state index is 0.0566. The molecule has 1 N–H and O–H groups in total. The fourth-order valence-electron chi connectivity index (χ4n) is 2.07. The van der Waals surface area contributed by atoms with Crippen molar-refractivity contribution in [2.24, 2.45) is 0 Å². The maximum absolute atomic E-state index is 12.2. The lowest BCUT2D eigenvalue weighted by molar-refractivity contribution is -0.125. The van der Waals surface area contributed by atoms with E-state index in [1.54, 1.807) is 26.3 Å². The summed E-state index contributed by atoms with van der Waals surface area (Å²) in [6.07, 6.45) is 3.56. The third kappa shape index (κ3) is 3.96. The lowest BCUT2D eigenvalue weighted by Crippen LogP contribution is -2.39. The second-order valence-corrected chi connectivity index (χ2v) is 4.32. The van der Waals surface area contributed by atoms with E-state index in [0.717, 1.165) is 11.3 Å². The lowest BCUT2D eigenvalue weighted by atomic mass is 10.0. The monoisotopic (exact) mass is 274 g/mol. The first-order valence-corrected chi connectivity index (χ1v) is 6.49. The maximum Gasteiger partial charge on any atom is 0.241 e. The Kier molecular flexibility index (Phi) is 6.53. The minimum Gasteiger partial charge on any atom is -0.497 e. The van der Waals surface area contributed by atoms with Gasteiger partial charge in [-0.2, -0.15) is 0 Å². The molecule has 108 valence electrons. The predicted molar refractivity (Wildman–Crippen MR) is 81.8 cm³/mol. The number of ether oxygens (including phenoxy) is 1. The van der Waals surface area contributed by atoms with Gasteiger partial charge in [-0.15, -0.1) is 13.2 Å². The molecule has 1 aromatic carbocycles. The van der Waals surface area contributed by atoms with Crippen LogP contribution in [0.1, 0.15) is 11.6 Å². The molecule has 0 aliphatic heterocycles. The number of benzene rings is 1. The molecule has 0 bridgehead atoms. The Hall–Kier alpha value is -2.07. The number of nitrogens with zero attached hydrogens (tertiary/aromatic N) is 1. The van der Waals surface area contributed by atoms with E-state index in [9.17, 15) is 4.79 Å². The standard InChI is InChI=1S/C16H22N2O2/c1-5-11-18(12-6-2)15(16(19)17-3)13-7-9-14(20-4)10-8-13/h5-10,15H,1-2,11-12H2,3-4H3,(H,17,19). The van der Waals surface area contributed by atoms with Gasteiger partial charge in [0.1, 0.15) is 11.8 Å². The Morgan fingerprint density at radius 1 is 1.30 bits per heavy atom. The Labute approximate surface area is 120 Å². The van der Waals surface area contributed by atoms with Gasteiger partial charge in [-0.05, 0) is 17.7 Å². The van der Waals surface area contributed by atoms with Crippen LogP contribution < -0.4 is 10.1 Å². The SMILES string of the molecule is C=CCN(CC=C)C(C(=O)NC)c1ccc(OC)cc1. The molecule has 0 saturated heterocycles. The van der Waals surface area contributed by atoms with E-state index >= 15 is 0 Å². The highest BCUT2D eigenvalue weighted by Gasteiger charge is 2.25. The van der Waals surface area contributed by atoms with Crippen LogP contribution in [0.2, 0.25) is 0 Å². The Morgan fingerprint density at radius 3 is 2.25 bits per heavy atom. The molecular weight excluding hydrogens is 252 g/mol. The zero-order valence-corrected chi connectivity index (χ0v) is 12.1. The molecule has 0 radical (unpaired) electrons. The van der Waals surface area contributed by atoms with Crippen molar-refractivity contribution in [1.29, 1.82) is 0 Å². The van der Waals surface area contributed by atoms with Gasteiger partial charge in [0.05, 0.1) is 7.11 Å². The van der Waals surface area contributed by atoms with Crippen LogP contribution in [0.3, 0.4) is 0 Å². The quantitative estimate of drug-likeness (QED) is 0.739. The molecule has 0 heterocycles. The van der Waals surface area contributed by atoms with E-state index in [1.807, 2.05) is 29.2 Å². The summed E-state index contributed by atoms with van der Waals surface area (Å²) in [7, 11) is 3.26. The van der Waals surface area contributed by atoms with Crippen molar-refractivity contribution >= 4 is 5.91 Å². The van der Waals surface area contributed by atoms with E-state index in [0.29, 0.717) is 13.1 Å². The number of hydrogen-bond donors (Lipinski definition) is 1. The van der Waals surface area contributed by atoms with Crippen molar-refractivity contribution in [2.45, 2.75) is 6.04 Å². The molecule has 1 unspecified atom stereocenters. The number of methoxy groups -OCH3 is 1. The molecule has 0 aliphatic rings. The van der Waals surface area contributed by atoms with Gasteiger partial charge in [0.25, 0.3) is 0 Å². The van der Waals surface area contributed by atoms with Crippen LogP contribution >= 0.6 is 0 Å². The number of rotatable bonds is 8. The fraction of sp³-hybridized carbons (Fsp3) is 0.312. The van der Waals surface area contributed by atoms with Gasteiger partial charge in [-0.3, -0.25) is 9.69 Å². The van der Waals surface area contributed by atoms with Gasteiger partial charge in [-0.25, -0.2) is 0 Å². The zero-order chi connectivity index (χ0) is 15.0. The summed E-state index contributed by atoms with van der Waals surface area (Å²) in [6.45, 7) is 8.70. The predicted octanol–water partition coefficient (Wildman–Crippen LogP) is 2.16. The highest BCUT2D eigenvalue weighted by atomic mass is 16.5. The largest absolute Gasteiger partial charge is 0.497 e. The topological polar surface area (TPSA) is 41.6 Å². The highest BCUT2D eigenvalue weighted by Crippen LogP contribution is 2.23. The molecule has 4 nitrogen and oxygen atoms in total. The minimum atomic E-state index is -0.373. The van der Waals surface area contributed by atoms with Crippen molar-refractivity contribution in [2.75, 3.05) is 27.2 Å². The van der Waals surface area contributed by atoms with E-state index in [-0.39, 0.29) is 11.9 Å². The second kappa shape index (κ2) is 8.17. The second-order valence-electron chi connectivity index (χ2n) is 4.32. The normalized spacial score (nSPS) is 11.8. The lowest BCUT2D eigenvalue weighted by Gasteiger charge is -2.28. The molecule has 20 heavy (non-hydrogen) atoms. The summed E-state index contributed by atoms with van der Waals surface area (Å²) in [5, 5.41) is 2.71. The molecule has 1 amide bonds. The maximum atomic E-state index is 12.2. The fourth-order valence-corrected chi connectivity index (χ4v) is 2.07. The third-order valence-electron chi connectivity index (χ3n) is 3.02. The smallest absolute Gasteiger partial charge is 0.241 e. The average Bonchev–Trinajstić information content (AvgIpc) is 2.48. The Balaban J connectivity index is 3.10. The average molecular weight is 274 g/mol. The van der Waals surface area contributed by atoms with E-state index in [2.05, 4.69) is 18.5 Å². The van der Waals surface area contributed by atoms with Crippen LogP contribution in [0.15, 0.2) is 49.6 Å². The summed E-state index contributed by atoms with van der Waals surface area (Å²) in [5.41, 5.74) is 0.911. The van der Waals surface area contributed by atoms with Gasteiger partial charge in [0, 0.05) is 20.1 Å². The van der Waals surface area contributed by atoms with Gasteiger partial charge < -0.3 is 10.1 Å². The molecule has 4 heteroatoms. The summed E-state index contributed by atoms with van der Waals surface area (Å²) in [5.74, 6) is 0.710. The molecule has 1 rings (SSSR count). The first-order chi connectivity index (χ1) is 9.67. The number of amides is 1. The molecular formula is C16H22N2O2. The molecule has 0 fully saturated rings. The number of carbonyl (C=O) groups is 1. The first-order valence-electron chi connectivity index (χ1n) is 6.49. The van der Waals surface area contributed by atoms with Crippen LogP contribution in [0.25, 0.3) is 0 Å². The first kappa shape index (κ1) is 16.0. The summed E-state index contributed by atoms with van der Waals surface area (Å²) < 4.78 is 5.14. The molecule has 0 aromatic heterocycles. The highest BCUT2D eigenvalue weighted by molar-refractivity contribution is 5.83. The molecule has 0 spiro atoms. The van der Waals surface area contributed by atoms with Crippen molar-refractivity contribution in [3.05, 3.63) is 55.1 Å². The van der Waals surface area contributed by atoms with Gasteiger partial charge in [-0.1, -0.05) is 24.3 Å². The molecule has 0 saturated carbocycles.